The van der Waals surface area contributed by atoms with Gasteiger partial charge in [0.05, 0.1) is 17.7 Å². The molecule has 8 nitrogen and oxygen atoms in total. The molecule has 0 aliphatic heterocycles. The zero-order valence-electron chi connectivity index (χ0n) is 25.4. The second kappa shape index (κ2) is 16.4. The van der Waals surface area contributed by atoms with E-state index in [9.17, 15) is 18.0 Å². The van der Waals surface area contributed by atoms with Crippen LogP contribution in [0.2, 0.25) is 0 Å². The summed E-state index contributed by atoms with van der Waals surface area (Å²) in [6.45, 7) is 2.08. The van der Waals surface area contributed by atoms with Gasteiger partial charge in [0.1, 0.15) is 18.3 Å². The molecule has 0 saturated heterocycles. The molecule has 0 unspecified atom stereocenters. The Morgan fingerprint density at radius 2 is 1.51 bits per heavy atom. The van der Waals surface area contributed by atoms with Crippen molar-refractivity contribution >= 4 is 50.1 Å². The number of benzene rings is 4. The second-order valence-electron chi connectivity index (χ2n) is 10.5. The van der Waals surface area contributed by atoms with E-state index in [0.29, 0.717) is 18.0 Å². The van der Waals surface area contributed by atoms with Crippen molar-refractivity contribution in [2.24, 2.45) is 0 Å². The molecule has 10 heteroatoms. The maximum Gasteiger partial charge on any atom is 0.264 e. The highest BCUT2D eigenvalue weighted by atomic mass is 127. The van der Waals surface area contributed by atoms with Crippen molar-refractivity contribution in [1.82, 2.24) is 10.2 Å². The molecule has 236 valence electrons. The van der Waals surface area contributed by atoms with E-state index in [1.54, 1.807) is 55.6 Å². The fraction of sp³-hybridized carbons (Fsp3) is 0.257. The predicted molar refractivity (Wildman–Crippen MR) is 186 cm³/mol. The zero-order chi connectivity index (χ0) is 32.2. The number of hydrogen-bond acceptors (Lipinski definition) is 5. The van der Waals surface area contributed by atoms with Crippen molar-refractivity contribution in [1.29, 1.82) is 0 Å². The Kier molecular flexibility index (Phi) is 12.4. The maximum absolute atomic E-state index is 14.5. The molecular formula is C35H38IN3O5S. The number of anilines is 1. The van der Waals surface area contributed by atoms with E-state index in [1.165, 1.54) is 17.0 Å². The number of rotatable bonds is 15. The third-order valence-electron chi connectivity index (χ3n) is 7.31. The first kappa shape index (κ1) is 34.0. The maximum atomic E-state index is 14.5. The Morgan fingerprint density at radius 3 is 2.16 bits per heavy atom. The van der Waals surface area contributed by atoms with Crippen LogP contribution in [-0.4, -0.2) is 51.4 Å². The number of ether oxygens (including phenoxy) is 1. The normalized spacial score (nSPS) is 11.8. The van der Waals surface area contributed by atoms with E-state index in [0.717, 1.165) is 31.8 Å². The molecule has 1 atom stereocenters. The Hall–Kier alpha value is -3.90. The van der Waals surface area contributed by atoms with E-state index in [-0.39, 0.29) is 23.8 Å². The molecule has 45 heavy (non-hydrogen) atoms. The summed E-state index contributed by atoms with van der Waals surface area (Å²) < 4.78 is 35.6. The van der Waals surface area contributed by atoms with E-state index < -0.39 is 28.5 Å². The molecule has 4 rings (SSSR count). The number of methoxy groups -OCH3 is 1. The van der Waals surface area contributed by atoms with Crippen molar-refractivity contribution in [3.8, 4) is 5.75 Å². The van der Waals surface area contributed by atoms with Gasteiger partial charge in [0, 0.05) is 23.1 Å². The third kappa shape index (κ3) is 9.30. The SMILES string of the molecule is CCCCNC(=O)[C@H](Cc1ccccc1)N(Cc1cccc(OC)c1)C(=O)CN(c1ccc(I)cc1)S(=O)(=O)c1ccccc1. The number of unbranched alkanes of at least 4 members (excludes halogenated alkanes) is 1. The molecule has 0 saturated carbocycles. The second-order valence-corrected chi connectivity index (χ2v) is 13.6. The Bertz CT molecular complexity index is 1650. The summed E-state index contributed by atoms with van der Waals surface area (Å²) in [5, 5.41) is 3.00. The molecule has 0 bridgehead atoms. The van der Waals surface area contributed by atoms with E-state index >= 15 is 0 Å². The number of amides is 2. The van der Waals surface area contributed by atoms with Gasteiger partial charge in [-0.3, -0.25) is 13.9 Å². The van der Waals surface area contributed by atoms with Crippen LogP contribution in [0, 0.1) is 3.57 Å². The average molecular weight is 740 g/mol. The van der Waals surface area contributed by atoms with Gasteiger partial charge in [-0.15, -0.1) is 0 Å². The molecule has 4 aromatic carbocycles. The summed E-state index contributed by atoms with van der Waals surface area (Å²) in [5.41, 5.74) is 1.97. The summed E-state index contributed by atoms with van der Waals surface area (Å²) >= 11 is 2.15. The molecule has 0 radical (unpaired) electrons. The molecule has 0 spiro atoms. The molecule has 1 N–H and O–H groups in total. The lowest BCUT2D eigenvalue weighted by atomic mass is 10.0. The minimum absolute atomic E-state index is 0.0637. The van der Waals surface area contributed by atoms with Gasteiger partial charge in [0.15, 0.2) is 0 Å². The molecule has 0 aliphatic carbocycles. The van der Waals surface area contributed by atoms with Crippen molar-refractivity contribution in [2.75, 3.05) is 24.5 Å². The van der Waals surface area contributed by atoms with Crippen molar-refractivity contribution in [2.45, 2.75) is 43.7 Å². The average Bonchev–Trinajstić information content (AvgIpc) is 3.06. The van der Waals surface area contributed by atoms with Crippen LogP contribution in [0.15, 0.2) is 114 Å². The first-order chi connectivity index (χ1) is 21.7. The summed E-state index contributed by atoms with van der Waals surface area (Å²) in [5.74, 6) is -0.197. The van der Waals surface area contributed by atoms with Gasteiger partial charge in [0.2, 0.25) is 11.8 Å². The Balaban J connectivity index is 1.79. The largest absolute Gasteiger partial charge is 0.497 e. The number of hydrogen-bond donors (Lipinski definition) is 1. The smallest absolute Gasteiger partial charge is 0.264 e. The molecule has 4 aromatic rings. The van der Waals surface area contributed by atoms with Gasteiger partial charge >= 0.3 is 0 Å². The summed E-state index contributed by atoms with van der Waals surface area (Å²) in [6.07, 6.45) is 1.95. The first-order valence-corrected chi connectivity index (χ1v) is 17.3. The van der Waals surface area contributed by atoms with Crippen LogP contribution >= 0.6 is 22.6 Å². The predicted octanol–water partition coefficient (Wildman–Crippen LogP) is 6.05. The summed E-state index contributed by atoms with van der Waals surface area (Å²) in [6, 6.07) is 30.9. The standard InChI is InChI=1S/C35H38IN3O5S/c1-3-4-22-37-35(41)33(24-27-12-7-5-8-13-27)38(25-28-14-11-15-31(23-28)44-2)34(40)26-39(30-20-18-29(36)19-21-30)45(42,43)32-16-9-6-10-17-32/h5-21,23,33H,3-4,22,24-26H2,1-2H3,(H,37,41)/t33-/m0/s1. The topological polar surface area (TPSA) is 96.0 Å². The molecule has 0 aromatic heterocycles. The van der Waals surface area contributed by atoms with Gasteiger partial charge in [-0.2, -0.15) is 0 Å². The summed E-state index contributed by atoms with van der Waals surface area (Å²) in [7, 11) is -2.57. The molecule has 0 aliphatic rings. The van der Waals surface area contributed by atoms with Crippen LogP contribution in [0.3, 0.4) is 0 Å². The highest BCUT2D eigenvalue weighted by Crippen LogP contribution is 2.26. The summed E-state index contributed by atoms with van der Waals surface area (Å²) in [4.78, 5) is 29.9. The van der Waals surface area contributed by atoms with E-state index in [4.69, 9.17) is 4.74 Å². The zero-order valence-corrected chi connectivity index (χ0v) is 28.4. The lowest BCUT2D eigenvalue weighted by molar-refractivity contribution is -0.140. The minimum Gasteiger partial charge on any atom is -0.497 e. The van der Waals surface area contributed by atoms with Crippen LogP contribution in [0.25, 0.3) is 0 Å². The molecule has 0 fully saturated rings. The highest BCUT2D eigenvalue weighted by molar-refractivity contribution is 14.1. The Morgan fingerprint density at radius 1 is 0.867 bits per heavy atom. The lowest BCUT2D eigenvalue weighted by Gasteiger charge is -2.34. The van der Waals surface area contributed by atoms with Crippen molar-refractivity contribution < 1.29 is 22.7 Å². The van der Waals surface area contributed by atoms with Gasteiger partial charge in [-0.1, -0.05) is 74.0 Å². The van der Waals surface area contributed by atoms with Gasteiger partial charge in [0.25, 0.3) is 10.0 Å². The quantitative estimate of drug-likeness (QED) is 0.118. The number of halogens is 1. The highest BCUT2D eigenvalue weighted by Gasteiger charge is 2.34. The minimum atomic E-state index is -4.14. The van der Waals surface area contributed by atoms with Crippen LogP contribution in [0.5, 0.6) is 5.75 Å². The van der Waals surface area contributed by atoms with Crippen LogP contribution < -0.4 is 14.4 Å². The number of nitrogens with zero attached hydrogens (tertiary/aromatic N) is 2. The van der Waals surface area contributed by atoms with E-state index in [1.807, 2.05) is 55.5 Å². The van der Waals surface area contributed by atoms with Crippen LogP contribution in [0.1, 0.15) is 30.9 Å². The van der Waals surface area contributed by atoms with Crippen molar-refractivity contribution in [3.63, 3.8) is 0 Å². The monoisotopic (exact) mass is 739 g/mol. The van der Waals surface area contributed by atoms with Gasteiger partial charge < -0.3 is 15.0 Å². The molecule has 0 heterocycles. The fourth-order valence-electron chi connectivity index (χ4n) is 4.88. The third-order valence-corrected chi connectivity index (χ3v) is 9.82. The van der Waals surface area contributed by atoms with Gasteiger partial charge in [-0.05, 0) is 88.7 Å². The number of carbonyl (C=O) groups is 2. The van der Waals surface area contributed by atoms with E-state index in [2.05, 4.69) is 27.9 Å². The number of carbonyl (C=O) groups excluding carboxylic acids is 2. The van der Waals surface area contributed by atoms with Crippen molar-refractivity contribution in [3.05, 3.63) is 124 Å². The number of nitrogens with one attached hydrogen (secondary N) is 1. The fourth-order valence-corrected chi connectivity index (χ4v) is 6.68. The van der Waals surface area contributed by atoms with Gasteiger partial charge in [-0.25, -0.2) is 8.42 Å². The number of sulfonamides is 1. The first-order valence-electron chi connectivity index (χ1n) is 14.8. The van der Waals surface area contributed by atoms with Crippen LogP contribution in [-0.2, 0) is 32.6 Å². The lowest BCUT2D eigenvalue weighted by Crippen LogP contribution is -2.53. The molecular weight excluding hydrogens is 701 g/mol. The molecule has 2 amide bonds. The van der Waals surface area contributed by atoms with Crippen LogP contribution in [0.4, 0.5) is 5.69 Å². The Labute approximate surface area is 279 Å².